The highest BCUT2D eigenvalue weighted by Gasteiger charge is 2.26. The molecule has 6 nitrogen and oxygen atoms in total. The van der Waals surface area contributed by atoms with Gasteiger partial charge in [0.05, 0.1) is 12.6 Å². The van der Waals surface area contributed by atoms with Gasteiger partial charge in [0.1, 0.15) is 0 Å². The molecule has 18 heavy (non-hydrogen) atoms. The van der Waals surface area contributed by atoms with Crippen LogP contribution in [0.25, 0.3) is 0 Å². The number of rotatable bonds is 7. The number of ketones is 1. The van der Waals surface area contributed by atoms with Gasteiger partial charge < -0.3 is 16.4 Å². The monoisotopic (exact) mass is 255 g/mol. The quantitative estimate of drug-likeness (QED) is 0.525. The van der Waals surface area contributed by atoms with Crippen molar-refractivity contribution in [2.75, 3.05) is 6.54 Å². The zero-order valence-electron chi connectivity index (χ0n) is 10.9. The first-order chi connectivity index (χ1) is 8.40. The number of carbonyl (C=O) groups is 3. The van der Waals surface area contributed by atoms with Crippen LogP contribution in [0.4, 0.5) is 0 Å². The third kappa shape index (κ3) is 5.27. The first-order valence-corrected chi connectivity index (χ1v) is 6.27. The predicted octanol–water partition coefficient (Wildman–Crippen LogP) is -0.676. The van der Waals surface area contributed by atoms with Crippen LogP contribution in [0, 0.1) is 5.92 Å². The number of amides is 2. The Hall–Kier alpha value is -1.43. The Morgan fingerprint density at radius 3 is 2.39 bits per heavy atom. The van der Waals surface area contributed by atoms with Crippen LogP contribution in [0.15, 0.2) is 0 Å². The van der Waals surface area contributed by atoms with Crippen molar-refractivity contribution in [2.45, 2.75) is 45.2 Å². The summed E-state index contributed by atoms with van der Waals surface area (Å²) < 4.78 is 0. The average molecular weight is 255 g/mol. The lowest BCUT2D eigenvalue weighted by Crippen LogP contribution is -2.46. The molecular formula is C12H21N3O3. The summed E-state index contributed by atoms with van der Waals surface area (Å²) in [6, 6.07) is -0.496. The Balaban J connectivity index is 2.23. The normalized spacial score (nSPS) is 16.2. The molecular weight excluding hydrogens is 234 g/mol. The maximum atomic E-state index is 11.5. The minimum Gasteiger partial charge on any atom is -0.347 e. The zero-order chi connectivity index (χ0) is 13.7. The standard InChI is InChI=1S/C12H21N3O3/c1-7(2)5-9(13)11(17)14-6-10(16)12(18)15-8-3-4-8/h7-9H,3-6,13H2,1-2H3,(H,14,17)(H,15,18). The lowest BCUT2D eigenvalue weighted by Gasteiger charge is -2.13. The number of nitrogens with one attached hydrogen (secondary N) is 2. The fourth-order valence-electron chi connectivity index (χ4n) is 1.49. The largest absolute Gasteiger partial charge is 0.347 e. The molecule has 0 spiro atoms. The molecule has 0 aromatic heterocycles. The Morgan fingerprint density at radius 1 is 1.28 bits per heavy atom. The van der Waals surface area contributed by atoms with Gasteiger partial charge in [0, 0.05) is 6.04 Å². The van der Waals surface area contributed by atoms with Gasteiger partial charge in [-0.3, -0.25) is 14.4 Å². The summed E-state index contributed by atoms with van der Waals surface area (Å²) in [4.78, 5) is 34.2. The second kappa shape index (κ2) is 6.49. The first kappa shape index (κ1) is 14.6. The highest BCUT2D eigenvalue weighted by molar-refractivity contribution is 6.37. The number of hydrogen-bond acceptors (Lipinski definition) is 4. The molecule has 1 aliphatic rings. The molecule has 4 N–H and O–H groups in total. The molecule has 1 rings (SSSR count). The van der Waals surface area contributed by atoms with Crippen molar-refractivity contribution in [3.63, 3.8) is 0 Å². The summed E-state index contributed by atoms with van der Waals surface area (Å²) in [6.07, 6.45) is 2.39. The van der Waals surface area contributed by atoms with Gasteiger partial charge in [-0.25, -0.2) is 0 Å². The number of carbonyl (C=O) groups excluding carboxylic acids is 3. The second-order valence-corrected chi connectivity index (χ2v) is 5.12. The van der Waals surface area contributed by atoms with Crippen molar-refractivity contribution in [3.8, 4) is 0 Å². The molecule has 102 valence electrons. The zero-order valence-corrected chi connectivity index (χ0v) is 10.9. The molecule has 0 heterocycles. The third-order valence-corrected chi connectivity index (χ3v) is 2.65. The van der Waals surface area contributed by atoms with Gasteiger partial charge in [-0.15, -0.1) is 0 Å². The Labute approximate surface area is 107 Å². The van der Waals surface area contributed by atoms with Gasteiger partial charge >= 0.3 is 0 Å². The van der Waals surface area contributed by atoms with E-state index in [2.05, 4.69) is 10.6 Å². The van der Waals surface area contributed by atoms with E-state index in [1.807, 2.05) is 13.8 Å². The van der Waals surface area contributed by atoms with Gasteiger partial charge in [-0.2, -0.15) is 0 Å². The van der Waals surface area contributed by atoms with Crippen LogP contribution in [-0.2, 0) is 14.4 Å². The van der Waals surface area contributed by atoms with E-state index in [0.717, 1.165) is 12.8 Å². The fourth-order valence-corrected chi connectivity index (χ4v) is 1.49. The van der Waals surface area contributed by atoms with Crippen molar-refractivity contribution >= 4 is 17.6 Å². The van der Waals surface area contributed by atoms with Crippen LogP contribution in [0.2, 0.25) is 0 Å². The van der Waals surface area contributed by atoms with E-state index in [4.69, 9.17) is 5.73 Å². The highest BCUT2D eigenvalue weighted by atomic mass is 16.2. The molecule has 0 aliphatic heterocycles. The minimum atomic E-state index is -0.635. The summed E-state index contributed by atoms with van der Waals surface area (Å²) in [6.45, 7) is 3.63. The van der Waals surface area contributed by atoms with Gasteiger partial charge in [-0.1, -0.05) is 13.8 Å². The van der Waals surface area contributed by atoms with E-state index in [1.54, 1.807) is 0 Å². The Kier molecular flexibility index (Phi) is 5.27. The molecule has 6 heteroatoms. The molecule has 0 saturated heterocycles. The van der Waals surface area contributed by atoms with Crippen LogP contribution in [0.1, 0.15) is 33.1 Å². The minimum absolute atomic E-state index is 0.139. The summed E-state index contributed by atoms with van der Waals surface area (Å²) in [5, 5.41) is 4.96. The number of Topliss-reactive ketones (excluding diaryl/α,β-unsaturated/α-hetero) is 1. The summed E-state index contributed by atoms with van der Waals surface area (Å²) >= 11 is 0. The van der Waals surface area contributed by atoms with E-state index in [9.17, 15) is 14.4 Å². The van der Waals surface area contributed by atoms with Crippen LogP contribution >= 0.6 is 0 Å². The van der Waals surface area contributed by atoms with E-state index in [1.165, 1.54) is 0 Å². The van der Waals surface area contributed by atoms with Gasteiger partial charge in [0.25, 0.3) is 5.91 Å². The predicted molar refractivity (Wildman–Crippen MR) is 66.6 cm³/mol. The molecule has 0 radical (unpaired) electrons. The van der Waals surface area contributed by atoms with Crippen molar-refractivity contribution < 1.29 is 14.4 Å². The summed E-state index contributed by atoms with van der Waals surface area (Å²) in [5.74, 6) is -1.35. The Bertz CT molecular complexity index is 337. The average Bonchev–Trinajstić information content (AvgIpc) is 3.08. The number of nitrogens with two attached hydrogens (primary N) is 1. The lowest BCUT2D eigenvalue weighted by molar-refractivity contribution is -0.138. The Morgan fingerprint density at radius 2 is 1.89 bits per heavy atom. The van der Waals surface area contributed by atoms with Crippen LogP contribution in [-0.4, -0.2) is 36.2 Å². The van der Waals surface area contributed by atoms with E-state index in [-0.39, 0.29) is 12.6 Å². The molecule has 1 saturated carbocycles. The summed E-state index contributed by atoms with van der Waals surface area (Å²) in [5.41, 5.74) is 5.65. The molecule has 1 atom stereocenters. The van der Waals surface area contributed by atoms with Crippen molar-refractivity contribution in [1.82, 2.24) is 10.6 Å². The molecule has 0 bridgehead atoms. The fraction of sp³-hybridized carbons (Fsp3) is 0.750. The van der Waals surface area contributed by atoms with E-state index >= 15 is 0 Å². The van der Waals surface area contributed by atoms with E-state index < -0.39 is 23.6 Å². The van der Waals surface area contributed by atoms with Crippen molar-refractivity contribution in [2.24, 2.45) is 11.7 Å². The van der Waals surface area contributed by atoms with Crippen LogP contribution in [0.3, 0.4) is 0 Å². The summed E-state index contributed by atoms with van der Waals surface area (Å²) in [7, 11) is 0. The maximum Gasteiger partial charge on any atom is 0.289 e. The van der Waals surface area contributed by atoms with Crippen LogP contribution < -0.4 is 16.4 Å². The highest BCUT2D eigenvalue weighted by Crippen LogP contribution is 2.18. The molecule has 1 aliphatic carbocycles. The smallest absolute Gasteiger partial charge is 0.289 e. The number of hydrogen-bond donors (Lipinski definition) is 3. The molecule has 0 aromatic carbocycles. The van der Waals surface area contributed by atoms with Gasteiger partial charge in [-0.05, 0) is 25.2 Å². The van der Waals surface area contributed by atoms with E-state index in [0.29, 0.717) is 12.3 Å². The lowest BCUT2D eigenvalue weighted by atomic mass is 10.0. The van der Waals surface area contributed by atoms with Crippen LogP contribution in [0.5, 0.6) is 0 Å². The topological polar surface area (TPSA) is 101 Å². The SMILES string of the molecule is CC(C)CC(N)C(=O)NCC(=O)C(=O)NC1CC1. The second-order valence-electron chi connectivity index (χ2n) is 5.12. The van der Waals surface area contributed by atoms with Gasteiger partial charge in [0.15, 0.2) is 0 Å². The first-order valence-electron chi connectivity index (χ1n) is 6.27. The molecule has 1 unspecified atom stereocenters. The van der Waals surface area contributed by atoms with Crippen molar-refractivity contribution in [1.29, 1.82) is 0 Å². The van der Waals surface area contributed by atoms with Gasteiger partial charge in [0.2, 0.25) is 11.7 Å². The molecule has 1 fully saturated rings. The third-order valence-electron chi connectivity index (χ3n) is 2.65. The van der Waals surface area contributed by atoms with Crippen molar-refractivity contribution in [3.05, 3.63) is 0 Å². The molecule has 2 amide bonds. The maximum absolute atomic E-state index is 11.5. The molecule has 0 aromatic rings.